The molecule has 26 heavy (non-hydrogen) atoms. The Hall–Kier alpha value is -1.93. The van der Waals surface area contributed by atoms with Crippen LogP contribution in [0.4, 0.5) is 0 Å². The van der Waals surface area contributed by atoms with E-state index in [1.54, 1.807) is 0 Å². The summed E-state index contributed by atoms with van der Waals surface area (Å²) in [6, 6.07) is 19.5. The van der Waals surface area contributed by atoms with Gasteiger partial charge in [0.1, 0.15) is 0 Å². The van der Waals surface area contributed by atoms with Gasteiger partial charge in [0, 0.05) is 24.1 Å². The van der Waals surface area contributed by atoms with Gasteiger partial charge < -0.3 is 5.32 Å². The topological polar surface area (TPSA) is 29.1 Å². The Morgan fingerprint density at radius 2 is 1.54 bits per heavy atom. The van der Waals surface area contributed by atoms with E-state index in [-0.39, 0.29) is 6.04 Å². The molecule has 0 heterocycles. The molecule has 1 fully saturated rings. The van der Waals surface area contributed by atoms with Gasteiger partial charge in [-0.3, -0.25) is 4.79 Å². The van der Waals surface area contributed by atoms with Gasteiger partial charge in [-0.25, -0.2) is 0 Å². The van der Waals surface area contributed by atoms with Crippen LogP contribution in [0.2, 0.25) is 0 Å². The molecule has 4 rings (SSSR count). The molecule has 138 valence electrons. The Labute approximate surface area is 158 Å². The second kappa shape index (κ2) is 9.14. The normalized spacial score (nSPS) is 19.8. The van der Waals surface area contributed by atoms with E-state index in [0.717, 1.165) is 5.56 Å². The maximum absolute atomic E-state index is 11.9. The Bertz CT molecular complexity index is 701. The average molecular weight is 350 g/mol. The van der Waals surface area contributed by atoms with Crippen LogP contribution in [0.1, 0.15) is 85.8 Å². The van der Waals surface area contributed by atoms with Crippen molar-refractivity contribution in [2.75, 3.05) is 0 Å². The first kappa shape index (κ1) is 18.8. The number of fused-ring (bicyclic) bond motifs is 1. The molecule has 0 radical (unpaired) electrons. The van der Waals surface area contributed by atoms with Crippen LogP contribution in [0.25, 0.3) is 0 Å². The molecule has 1 unspecified atom stereocenters. The minimum Gasteiger partial charge on any atom is -0.307 e. The maximum Gasteiger partial charge on any atom is 0.165 e. The highest BCUT2D eigenvalue weighted by molar-refractivity contribution is 6.01. The van der Waals surface area contributed by atoms with Gasteiger partial charge in [-0.1, -0.05) is 87.7 Å². The van der Waals surface area contributed by atoms with Crippen LogP contribution in [0, 0.1) is 0 Å². The number of hydrogen-bond acceptors (Lipinski definition) is 2. The van der Waals surface area contributed by atoms with E-state index in [1.165, 1.54) is 43.2 Å². The molecule has 1 saturated carbocycles. The maximum atomic E-state index is 11.9. The number of hydrogen-bond donors (Lipinski definition) is 1. The van der Waals surface area contributed by atoms with Crippen LogP contribution < -0.4 is 5.32 Å². The summed E-state index contributed by atoms with van der Waals surface area (Å²) in [7, 11) is 0. The number of carbonyl (C=O) groups is 1. The lowest BCUT2D eigenvalue weighted by molar-refractivity contribution is 0.0983. The Morgan fingerprint density at radius 1 is 0.885 bits per heavy atom. The summed E-state index contributed by atoms with van der Waals surface area (Å²) >= 11 is 0. The fourth-order valence-electron chi connectivity index (χ4n) is 4.00. The van der Waals surface area contributed by atoms with Crippen molar-refractivity contribution in [2.24, 2.45) is 0 Å². The molecule has 0 spiro atoms. The molecule has 2 aromatic carbocycles. The zero-order chi connectivity index (χ0) is 18.4. The van der Waals surface area contributed by atoms with Crippen molar-refractivity contribution in [1.82, 2.24) is 5.32 Å². The van der Waals surface area contributed by atoms with Crippen molar-refractivity contribution in [3.05, 3.63) is 71.3 Å². The third kappa shape index (κ3) is 4.82. The fraction of sp³-hybridized carbons (Fsp3) is 0.458. The Morgan fingerprint density at radius 3 is 2.19 bits per heavy atom. The molecule has 0 bridgehead atoms. The lowest BCUT2D eigenvalue weighted by atomic mass is 9.94. The van der Waals surface area contributed by atoms with E-state index >= 15 is 0 Å². The summed E-state index contributed by atoms with van der Waals surface area (Å²) in [5.41, 5.74) is 3.56. The van der Waals surface area contributed by atoms with Crippen LogP contribution in [-0.2, 0) is 0 Å². The highest BCUT2D eigenvalue weighted by atomic mass is 16.1. The summed E-state index contributed by atoms with van der Waals surface area (Å²) in [4.78, 5) is 11.9. The monoisotopic (exact) mass is 349 g/mol. The van der Waals surface area contributed by atoms with Crippen LogP contribution >= 0.6 is 0 Å². The van der Waals surface area contributed by atoms with E-state index in [9.17, 15) is 4.79 Å². The summed E-state index contributed by atoms with van der Waals surface area (Å²) in [6.07, 6.45) is 7.23. The van der Waals surface area contributed by atoms with Gasteiger partial charge in [-0.05, 0) is 29.9 Å². The van der Waals surface area contributed by atoms with E-state index in [0.29, 0.717) is 24.2 Å². The number of ketones is 1. The van der Waals surface area contributed by atoms with E-state index in [2.05, 4.69) is 49.5 Å². The molecule has 1 N–H and O–H groups in total. The molecule has 2 heteroatoms. The average Bonchev–Trinajstić information content (AvgIpc) is 3.00. The fourth-order valence-corrected chi connectivity index (χ4v) is 4.00. The predicted molar refractivity (Wildman–Crippen MR) is 109 cm³/mol. The zero-order valence-corrected chi connectivity index (χ0v) is 16.1. The van der Waals surface area contributed by atoms with E-state index < -0.39 is 0 Å². The Balaban J connectivity index is 0.000000185. The largest absolute Gasteiger partial charge is 0.307 e. The smallest absolute Gasteiger partial charge is 0.165 e. The Kier molecular flexibility index (Phi) is 6.62. The minimum atomic E-state index is 0.266. The van der Waals surface area contributed by atoms with Crippen molar-refractivity contribution < 1.29 is 4.79 Å². The molecule has 2 aliphatic carbocycles. The van der Waals surface area contributed by atoms with Crippen LogP contribution in [0.5, 0.6) is 0 Å². The molecule has 2 nitrogen and oxygen atoms in total. The molecule has 0 aliphatic heterocycles. The minimum absolute atomic E-state index is 0.266. The van der Waals surface area contributed by atoms with Gasteiger partial charge in [0.15, 0.2) is 5.78 Å². The highest BCUT2D eigenvalue weighted by Crippen LogP contribution is 2.32. The van der Waals surface area contributed by atoms with Crippen LogP contribution in [0.15, 0.2) is 54.6 Å². The second-order valence-corrected chi connectivity index (χ2v) is 7.83. The quantitative estimate of drug-likeness (QED) is 0.731. The molecule has 2 aromatic rings. The van der Waals surface area contributed by atoms with Crippen molar-refractivity contribution >= 4 is 5.78 Å². The highest BCUT2D eigenvalue weighted by Gasteiger charge is 2.30. The lowest BCUT2D eigenvalue weighted by Gasteiger charge is -2.26. The van der Waals surface area contributed by atoms with Crippen molar-refractivity contribution in [2.45, 2.75) is 70.4 Å². The zero-order valence-electron chi connectivity index (χ0n) is 16.1. The summed E-state index contributed by atoms with van der Waals surface area (Å²) in [5.74, 6) is 0.958. The molecule has 0 aromatic heterocycles. The summed E-state index contributed by atoms with van der Waals surface area (Å²) < 4.78 is 0. The summed E-state index contributed by atoms with van der Waals surface area (Å²) in [6.45, 7) is 4.41. The standard InChI is InChI=1S/C15H19NO.C9H12/c17-15-10-14(12-8-4-5-9-13(12)15)16-11-6-2-1-3-7-11;1-8(2)9-6-4-3-5-7-9/h4-5,8-9,11,14,16H,1-3,6-7,10H2;3-8H,1-2H3. The van der Waals surface area contributed by atoms with Crippen LogP contribution in [0.3, 0.4) is 0 Å². The third-order valence-electron chi connectivity index (χ3n) is 5.53. The van der Waals surface area contributed by atoms with Gasteiger partial charge in [-0.2, -0.15) is 0 Å². The van der Waals surface area contributed by atoms with Gasteiger partial charge in [0.05, 0.1) is 0 Å². The van der Waals surface area contributed by atoms with Gasteiger partial charge in [-0.15, -0.1) is 0 Å². The van der Waals surface area contributed by atoms with Crippen molar-refractivity contribution in [3.63, 3.8) is 0 Å². The molecular formula is C24H31NO. The number of Topliss-reactive ketones (excluding diaryl/α,β-unsaturated/α-hetero) is 1. The molecule has 1 atom stereocenters. The van der Waals surface area contributed by atoms with Gasteiger partial charge >= 0.3 is 0 Å². The molecule has 2 aliphatic rings. The lowest BCUT2D eigenvalue weighted by Crippen LogP contribution is -2.33. The van der Waals surface area contributed by atoms with Crippen LogP contribution in [-0.4, -0.2) is 11.8 Å². The number of carbonyl (C=O) groups excluding carboxylic acids is 1. The number of rotatable bonds is 3. The van der Waals surface area contributed by atoms with Gasteiger partial charge in [0.2, 0.25) is 0 Å². The second-order valence-electron chi connectivity index (χ2n) is 7.83. The molecule has 0 amide bonds. The van der Waals surface area contributed by atoms with Crippen molar-refractivity contribution in [1.29, 1.82) is 0 Å². The number of nitrogens with one attached hydrogen (secondary N) is 1. The van der Waals surface area contributed by atoms with Crippen molar-refractivity contribution in [3.8, 4) is 0 Å². The molecular weight excluding hydrogens is 318 g/mol. The van der Waals surface area contributed by atoms with E-state index in [4.69, 9.17) is 0 Å². The summed E-state index contributed by atoms with van der Waals surface area (Å²) in [5, 5.41) is 3.68. The first-order valence-electron chi connectivity index (χ1n) is 10.1. The first-order valence-corrected chi connectivity index (χ1v) is 10.1. The molecule has 0 saturated heterocycles. The van der Waals surface area contributed by atoms with E-state index in [1.807, 2.05) is 24.3 Å². The number of benzene rings is 2. The SMILES string of the molecule is CC(C)c1ccccc1.O=C1CC(NC2CCCCC2)c2ccccc21. The third-order valence-corrected chi connectivity index (χ3v) is 5.53. The van der Waals surface area contributed by atoms with Gasteiger partial charge in [0.25, 0.3) is 0 Å². The first-order chi connectivity index (χ1) is 12.6. The predicted octanol–water partition coefficient (Wildman–Crippen LogP) is 6.05.